The van der Waals surface area contributed by atoms with Crippen LogP contribution in [-0.4, -0.2) is 12.6 Å². The van der Waals surface area contributed by atoms with Crippen molar-refractivity contribution in [2.24, 2.45) is 0 Å². The number of hydrogen-bond acceptors (Lipinski definition) is 1. The molecular weight excluding hydrogens is 801 g/mol. The predicted octanol–water partition coefficient (Wildman–Crippen LogP) is 13.6. The first-order valence-electron chi connectivity index (χ1n) is 22.4. The van der Waals surface area contributed by atoms with Crippen molar-refractivity contribution in [1.29, 1.82) is 0 Å². The Balaban J connectivity index is 1.07. The predicted molar refractivity (Wildman–Crippen MR) is 280 cm³/mol. The van der Waals surface area contributed by atoms with Gasteiger partial charge in [-0.3, -0.25) is 0 Å². The largest absolute Gasteiger partial charge is 0.310 e. The van der Waals surface area contributed by atoms with Crippen molar-refractivity contribution in [1.82, 2.24) is 4.57 Å². The van der Waals surface area contributed by atoms with Crippen molar-refractivity contribution in [3.8, 4) is 16.8 Å². The van der Waals surface area contributed by atoms with Crippen molar-refractivity contribution in [2.45, 2.75) is 0 Å². The summed E-state index contributed by atoms with van der Waals surface area (Å²) in [5.74, 6) is 0. The lowest BCUT2D eigenvalue weighted by Crippen LogP contribution is -2.74. The number of benzene rings is 11. The van der Waals surface area contributed by atoms with Crippen LogP contribution >= 0.6 is 0 Å². The smallest absolute Gasteiger partial charge is 0.179 e. The minimum absolute atomic E-state index is 1.09. The van der Waals surface area contributed by atoms with Crippen LogP contribution in [0, 0.1) is 0 Å². The molecule has 0 amide bonds. The van der Waals surface area contributed by atoms with Gasteiger partial charge in [0, 0.05) is 33.5 Å². The molecule has 2 nitrogen and oxygen atoms in total. The van der Waals surface area contributed by atoms with Crippen molar-refractivity contribution in [2.75, 3.05) is 4.90 Å². The van der Waals surface area contributed by atoms with Crippen LogP contribution in [-0.2, 0) is 0 Å². The number of anilines is 3. The standard InChI is InChI=1S/C62H44N2Si/c1-5-20-48(21-6-1)64-60-33-16-15-31-58(60)62-57(32-18-34-61(62)64)46-37-40-49(41-38-46)63(51-42-39-47-36-35-45-19-13-14-30-56(45)59(47)44-51)50-22-17-29-55(43-50)65(52-23-7-2-8-24-52,53-25-9-3-10-26-53)54-27-11-4-12-28-54/h1-44H. The molecule has 0 aliphatic heterocycles. The number of para-hydroxylation sites is 2. The second-order valence-electron chi connectivity index (χ2n) is 16.9. The fourth-order valence-electron chi connectivity index (χ4n) is 10.4. The van der Waals surface area contributed by atoms with Crippen molar-refractivity contribution < 1.29 is 0 Å². The summed E-state index contributed by atoms with van der Waals surface area (Å²) < 4.78 is 2.39. The Bertz CT molecular complexity index is 3540. The number of fused-ring (bicyclic) bond motifs is 6. The summed E-state index contributed by atoms with van der Waals surface area (Å²) in [5, 5.41) is 12.8. The highest BCUT2D eigenvalue weighted by molar-refractivity contribution is 7.19. The zero-order chi connectivity index (χ0) is 43.2. The first-order chi connectivity index (χ1) is 32.3. The maximum atomic E-state index is 2.47. The summed E-state index contributed by atoms with van der Waals surface area (Å²) in [6.45, 7) is 0. The van der Waals surface area contributed by atoms with Gasteiger partial charge in [0.2, 0.25) is 0 Å². The lowest BCUT2D eigenvalue weighted by molar-refractivity contribution is 1.18. The Morgan fingerprint density at radius 3 is 1.48 bits per heavy atom. The van der Waals surface area contributed by atoms with E-state index in [1.54, 1.807) is 0 Å². The van der Waals surface area contributed by atoms with Gasteiger partial charge in [-0.25, -0.2) is 0 Å². The van der Waals surface area contributed by atoms with Gasteiger partial charge in [-0.15, -0.1) is 0 Å². The van der Waals surface area contributed by atoms with Gasteiger partial charge in [0.25, 0.3) is 0 Å². The summed E-state index contributed by atoms with van der Waals surface area (Å²) in [5.41, 5.74) is 9.27. The van der Waals surface area contributed by atoms with E-state index in [-0.39, 0.29) is 0 Å². The van der Waals surface area contributed by atoms with Gasteiger partial charge in [0.05, 0.1) is 11.0 Å². The molecule has 65 heavy (non-hydrogen) atoms. The molecule has 0 bridgehead atoms. The lowest BCUT2D eigenvalue weighted by Gasteiger charge is -2.35. The van der Waals surface area contributed by atoms with Gasteiger partial charge in [0.15, 0.2) is 8.07 Å². The molecule has 1 heterocycles. The van der Waals surface area contributed by atoms with Crippen LogP contribution in [0.5, 0.6) is 0 Å². The molecule has 0 spiro atoms. The maximum absolute atomic E-state index is 2.81. The summed E-state index contributed by atoms with van der Waals surface area (Å²) in [4.78, 5) is 2.45. The SMILES string of the molecule is c1ccc(-n2c3ccccc3c3c(-c4ccc(N(c5cccc([Si](c6ccccc6)(c6ccccc6)c6ccccc6)c5)c5ccc6ccc7ccccc7c6c5)cc4)cccc32)cc1. The summed E-state index contributed by atoms with van der Waals surface area (Å²) in [7, 11) is -2.81. The molecule has 0 fully saturated rings. The summed E-state index contributed by atoms with van der Waals surface area (Å²) in [6, 6.07) is 98.5. The van der Waals surface area contributed by atoms with Gasteiger partial charge in [0.1, 0.15) is 0 Å². The maximum Gasteiger partial charge on any atom is 0.179 e. The molecule has 0 saturated carbocycles. The first-order valence-corrected chi connectivity index (χ1v) is 24.4. The van der Waals surface area contributed by atoms with E-state index < -0.39 is 8.07 Å². The molecule has 0 aliphatic carbocycles. The fourth-order valence-corrected chi connectivity index (χ4v) is 15.2. The van der Waals surface area contributed by atoms with E-state index in [4.69, 9.17) is 0 Å². The zero-order valence-electron chi connectivity index (χ0n) is 35.8. The summed E-state index contributed by atoms with van der Waals surface area (Å²) >= 11 is 0. The minimum Gasteiger partial charge on any atom is -0.310 e. The van der Waals surface area contributed by atoms with Crippen molar-refractivity contribution in [3.05, 3.63) is 267 Å². The third-order valence-corrected chi connectivity index (χ3v) is 18.1. The van der Waals surface area contributed by atoms with Crippen LogP contribution in [0.3, 0.4) is 0 Å². The fraction of sp³-hybridized carbons (Fsp3) is 0. The van der Waals surface area contributed by atoms with E-state index in [9.17, 15) is 0 Å². The highest BCUT2D eigenvalue weighted by Crippen LogP contribution is 2.41. The van der Waals surface area contributed by atoms with Crippen LogP contribution in [0.1, 0.15) is 0 Å². The molecule has 0 aliphatic rings. The molecule has 0 N–H and O–H groups in total. The van der Waals surface area contributed by atoms with E-state index in [1.807, 2.05) is 0 Å². The molecule has 12 aromatic rings. The molecule has 0 saturated heterocycles. The molecule has 3 heteroatoms. The third kappa shape index (κ3) is 6.47. The first kappa shape index (κ1) is 38.4. The van der Waals surface area contributed by atoms with Crippen molar-refractivity contribution in [3.63, 3.8) is 0 Å². The Hall–Kier alpha value is -8.24. The molecule has 0 unspecified atom stereocenters. The Morgan fingerprint density at radius 1 is 0.308 bits per heavy atom. The molecule has 12 rings (SSSR count). The number of aromatic nitrogens is 1. The monoisotopic (exact) mass is 844 g/mol. The number of rotatable bonds is 9. The number of hydrogen-bond donors (Lipinski definition) is 0. The molecule has 11 aromatic carbocycles. The van der Waals surface area contributed by atoms with E-state index in [1.165, 1.54) is 75.2 Å². The summed E-state index contributed by atoms with van der Waals surface area (Å²) in [6.07, 6.45) is 0. The van der Waals surface area contributed by atoms with Crippen LogP contribution in [0.2, 0.25) is 0 Å². The minimum atomic E-state index is -2.81. The van der Waals surface area contributed by atoms with Crippen molar-refractivity contribution >= 4 is 89.2 Å². The lowest BCUT2D eigenvalue weighted by atomic mass is 9.98. The van der Waals surface area contributed by atoms with Gasteiger partial charge >= 0.3 is 0 Å². The van der Waals surface area contributed by atoms with E-state index in [0.717, 1.165) is 22.7 Å². The molecule has 0 radical (unpaired) electrons. The van der Waals surface area contributed by atoms with Crippen LogP contribution in [0.25, 0.3) is 60.2 Å². The Morgan fingerprint density at radius 2 is 0.800 bits per heavy atom. The number of nitrogens with zero attached hydrogens (tertiary/aromatic N) is 2. The van der Waals surface area contributed by atoms with Gasteiger partial charge < -0.3 is 9.47 Å². The van der Waals surface area contributed by atoms with E-state index >= 15 is 0 Å². The van der Waals surface area contributed by atoms with Gasteiger partial charge in [-0.05, 0) is 114 Å². The molecule has 0 atom stereocenters. The second kappa shape index (κ2) is 16.1. The average molecular weight is 845 g/mol. The zero-order valence-corrected chi connectivity index (χ0v) is 36.8. The van der Waals surface area contributed by atoms with E-state index in [0.29, 0.717) is 0 Å². The quantitative estimate of drug-likeness (QED) is 0.0798. The Kier molecular flexibility index (Phi) is 9.55. The topological polar surface area (TPSA) is 8.17 Å². The Labute approximate surface area is 380 Å². The third-order valence-electron chi connectivity index (χ3n) is 13.3. The highest BCUT2D eigenvalue weighted by atomic mass is 28.3. The van der Waals surface area contributed by atoms with Crippen LogP contribution < -0.4 is 25.6 Å². The van der Waals surface area contributed by atoms with Crippen LogP contribution in [0.15, 0.2) is 267 Å². The normalized spacial score (nSPS) is 11.7. The van der Waals surface area contributed by atoms with E-state index in [2.05, 4.69) is 276 Å². The molecule has 1 aromatic heterocycles. The highest BCUT2D eigenvalue weighted by Gasteiger charge is 2.41. The van der Waals surface area contributed by atoms with Gasteiger partial charge in [-0.2, -0.15) is 0 Å². The second-order valence-corrected chi connectivity index (χ2v) is 20.7. The van der Waals surface area contributed by atoms with Gasteiger partial charge in [-0.1, -0.05) is 206 Å². The van der Waals surface area contributed by atoms with Crippen LogP contribution in [0.4, 0.5) is 17.1 Å². The average Bonchev–Trinajstić information content (AvgIpc) is 3.73. The molecular formula is C62H44N2Si. The molecule has 306 valence electrons.